The van der Waals surface area contributed by atoms with Crippen molar-refractivity contribution < 1.29 is 9.53 Å². The van der Waals surface area contributed by atoms with Crippen molar-refractivity contribution in [2.45, 2.75) is 33.1 Å². The van der Waals surface area contributed by atoms with E-state index >= 15 is 0 Å². The Morgan fingerprint density at radius 1 is 1.13 bits per heavy atom. The Bertz CT molecular complexity index is 688. The average Bonchev–Trinajstić information content (AvgIpc) is 2.47. The molecule has 0 saturated heterocycles. The number of aryl methyl sites for hydroxylation is 1. The molecule has 0 aliphatic heterocycles. The molecule has 3 nitrogen and oxygen atoms in total. The molecule has 2 rings (SSSR count). The lowest BCUT2D eigenvalue weighted by Crippen LogP contribution is -2.22. The summed E-state index contributed by atoms with van der Waals surface area (Å²) in [5.74, 6) is 0.566. The number of carbonyl (C=O) groups is 1. The first-order valence-corrected chi connectivity index (χ1v) is 8.34. The van der Waals surface area contributed by atoms with Gasteiger partial charge in [0.15, 0.2) is 6.61 Å². The predicted molar refractivity (Wildman–Crippen MR) is 98.1 cm³/mol. The number of hydrogen-bond acceptors (Lipinski definition) is 2. The Balaban J connectivity index is 2.03. The van der Waals surface area contributed by atoms with Crippen molar-refractivity contribution in [2.24, 2.45) is 0 Å². The van der Waals surface area contributed by atoms with Crippen molar-refractivity contribution in [1.82, 2.24) is 0 Å². The molecular formula is C19H22BrNO2. The number of anilines is 1. The van der Waals surface area contributed by atoms with Gasteiger partial charge >= 0.3 is 0 Å². The summed E-state index contributed by atoms with van der Waals surface area (Å²) in [6.07, 6.45) is 0. The van der Waals surface area contributed by atoms with Crippen LogP contribution in [-0.2, 0) is 10.2 Å². The topological polar surface area (TPSA) is 38.3 Å². The maximum absolute atomic E-state index is 12.1. The zero-order valence-electron chi connectivity index (χ0n) is 13.9. The Hall–Kier alpha value is -1.81. The maximum Gasteiger partial charge on any atom is 0.262 e. The van der Waals surface area contributed by atoms with Gasteiger partial charge in [-0.2, -0.15) is 0 Å². The third kappa shape index (κ3) is 5.10. The van der Waals surface area contributed by atoms with Crippen molar-refractivity contribution in [2.75, 3.05) is 11.9 Å². The van der Waals surface area contributed by atoms with Crippen LogP contribution < -0.4 is 10.1 Å². The molecule has 122 valence electrons. The number of benzene rings is 2. The summed E-state index contributed by atoms with van der Waals surface area (Å²) in [6.45, 7) is 8.35. The second-order valence-corrected chi connectivity index (χ2v) is 7.51. The molecule has 0 unspecified atom stereocenters. The summed E-state index contributed by atoms with van der Waals surface area (Å²) >= 11 is 3.48. The van der Waals surface area contributed by atoms with Crippen molar-refractivity contribution in [3.05, 3.63) is 58.1 Å². The van der Waals surface area contributed by atoms with E-state index in [4.69, 9.17) is 4.74 Å². The standard InChI is InChI=1S/C19H22BrNO2/c1-13-5-8-15(9-6-13)21-18(22)12-23-17-10-7-14(20)11-16(17)19(2,3)4/h5-11H,12H2,1-4H3,(H,21,22). The summed E-state index contributed by atoms with van der Waals surface area (Å²) in [6, 6.07) is 13.5. The van der Waals surface area contributed by atoms with Gasteiger partial charge in [0.1, 0.15) is 5.75 Å². The van der Waals surface area contributed by atoms with Crippen LogP contribution in [0.5, 0.6) is 5.75 Å². The molecule has 0 aliphatic carbocycles. The van der Waals surface area contributed by atoms with Gasteiger partial charge in [-0.25, -0.2) is 0 Å². The minimum absolute atomic E-state index is 0.0153. The van der Waals surface area contributed by atoms with Gasteiger partial charge in [0, 0.05) is 15.7 Å². The molecule has 23 heavy (non-hydrogen) atoms. The molecule has 0 heterocycles. The van der Waals surface area contributed by atoms with Gasteiger partial charge in [-0.05, 0) is 42.7 Å². The lowest BCUT2D eigenvalue weighted by Gasteiger charge is -2.23. The molecule has 2 aromatic carbocycles. The summed E-state index contributed by atoms with van der Waals surface area (Å²) in [7, 11) is 0. The lowest BCUT2D eigenvalue weighted by molar-refractivity contribution is -0.118. The Kier molecular flexibility index (Phi) is 5.47. The molecule has 0 aromatic heterocycles. The van der Waals surface area contributed by atoms with E-state index in [1.54, 1.807) is 0 Å². The molecule has 0 saturated carbocycles. The van der Waals surface area contributed by atoms with E-state index in [1.165, 1.54) is 0 Å². The SMILES string of the molecule is Cc1ccc(NC(=O)COc2ccc(Br)cc2C(C)(C)C)cc1. The zero-order chi connectivity index (χ0) is 17.0. The molecule has 1 N–H and O–H groups in total. The first-order valence-electron chi connectivity index (χ1n) is 7.55. The van der Waals surface area contributed by atoms with E-state index < -0.39 is 0 Å². The molecule has 0 radical (unpaired) electrons. The minimum Gasteiger partial charge on any atom is -0.483 e. The highest BCUT2D eigenvalue weighted by Gasteiger charge is 2.20. The van der Waals surface area contributed by atoms with Crippen LogP contribution in [0.1, 0.15) is 31.9 Å². The van der Waals surface area contributed by atoms with Crippen LogP contribution in [0.25, 0.3) is 0 Å². The number of hydrogen-bond donors (Lipinski definition) is 1. The number of nitrogens with one attached hydrogen (secondary N) is 1. The third-order valence-corrected chi connectivity index (χ3v) is 3.94. The lowest BCUT2D eigenvalue weighted by atomic mass is 9.86. The first kappa shape index (κ1) is 17.5. The van der Waals surface area contributed by atoms with Crippen LogP contribution in [0.4, 0.5) is 5.69 Å². The Labute approximate surface area is 146 Å². The largest absolute Gasteiger partial charge is 0.483 e. The second-order valence-electron chi connectivity index (χ2n) is 6.59. The van der Waals surface area contributed by atoms with Gasteiger partial charge in [-0.1, -0.05) is 54.4 Å². The van der Waals surface area contributed by atoms with Crippen LogP contribution >= 0.6 is 15.9 Å². The van der Waals surface area contributed by atoms with E-state index in [2.05, 4.69) is 42.0 Å². The number of rotatable bonds is 4. The van der Waals surface area contributed by atoms with Gasteiger partial charge in [0.25, 0.3) is 5.91 Å². The molecule has 0 aliphatic rings. The van der Waals surface area contributed by atoms with Crippen LogP contribution in [0.2, 0.25) is 0 Å². The number of amides is 1. The van der Waals surface area contributed by atoms with Gasteiger partial charge in [0.2, 0.25) is 0 Å². The fourth-order valence-corrected chi connectivity index (χ4v) is 2.55. The first-order chi connectivity index (χ1) is 10.8. The van der Waals surface area contributed by atoms with Gasteiger partial charge < -0.3 is 10.1 Å². The normalized spacial score (nSPS) is 11.2. The van der Waals surface area contributed by atoms with E-state index in [1.807, 2.05) is 49.4 Å². The molecule has 0 fully saturated rings. The van der Waals surface area contributed by atoms with E-state index in [9.17, 15) is 4.79 Å². The smallest absolute Gasteiger partial charge is 0.262 e. The summed E-state index contributed by atoms with van der Waals surface area (Å²) in [4.78, 5) is 12.1. The number of carbonyl (C=O) groups excluding carboxylic acids is 1. The van der Waals surface area contributed by atoms with Crippen LogP contribution in [0.15, 0.2) is 46.9 Å². The molecule has 1 amide bonds. The van der Waals surface area contributed by atoms with Gasteiger partial charge in [-0.3, -0.25) is 4.79 Å². The highest BCUT2D eigenvalue weighted by Crippen LogP contribution is 2.33. The highest BCUT2D eigenvalue weighted by atomic mass is 79.9. The Morgan fingerprint density at radius 2 is 1.78 bits per heavy atom. The fraction of sp³-hybridized carbons (Fsp3) is 0.316. The quantitative estimate of drug-likeness (QED) is 0.809. The summed E-state index contributed by atoms with van der Waals surface area (Å²) in [5, 5.41) is 2.84. The van der Waals surface area contributed by atoms with E-state index in [-0.39, 0.29) is 17.9 Å². The second kappa shape index (κ2) is 7.18. The molecule has 2 aromatic rings. The van der Waals surface area contributed by atoms with Crippen molar-refractivity contribution >= 4 is 27.5 Å². The molecule has 4 heteroatoms. The monoisotopic (exact) mass is 375 g/mol. The zero-order valence-corrected chi connectivity index (χ0v) is 15.5. The van der Waals surface area contributed by atoms with Gasteiger partial charge in [-0.15, -0.1) is 0 Å². The Morgan fingerprint density at radius 3 is 2.39 bits per heavy atom. The summed E-state index contributed by atoms with van der Waals surface area (Å²) in [5.41, 5.74) is 2.93. The van der Waals surface area contributed by atoms with E-state index in [0.717, 1.165) is 27.0 Å². The number of ether oxygens (including phenoxy) is 1. The minimum atomic E-state index is -0.170. The molecular weight excluding hydrogens is 354 g/mol. The molecule has 0 spiro atoms. The summed E-state index contributed by atoms with van der Waals surface area (Å²) < 4.78 is 6.74. The fourth-order valence-electron chi connectivity index (χ4n) is 2.19. The highest BCUT2D eigenvalue weighted by molar-refractivity contribution is 9.10. The van der Waals surface area contributed by atoms with Crippen LogP contribution in [-0.4, -0.2) is 12.5 Å². The van der Waals surface area contributed by atoms with Crippen molar-refractivity contribution in [1.29, 1.82) is 0 Å². The van der Waals surface area contributed by atoms with Gasteiger partial charge in [0.05, 0.1) is 0 Å². The van der Waals surface area contributed by atoms with Crippen LogP contribution in [0.3, 0.4) is 0 Å². The van der Waals surface area contributed by atoms with E-state index in [0.29, 0.717) is 0 Å². The van der Waals surface area contributed by atoms with Crippen molar-refractivity contribution in [3.63, 3.8) is 0 Å². The predicted octanol–water partition coefficient (Wildman–Crippen LogP) is 5.07. The maximum atomic E-state index is 12.1. The van der Waals surface area contributed by atoms with Crippen LogP contribution in [0, 0.1) is 6.92 Å². The average molecular weight is 376 g/mol. The number of halogens is 1. The third-order valence-electron chi connectivity index (χ3n) is 3.44. The van der Waals surface area contributed by atoms with Crippen molar-refractivity contribution in [3.8, 4) is 5.75 Å². The molecule has 0 bridgehead atoms. The molecule has 0 atom stereocenters.